The number of hydrogen-bond donors (Lipinski definition) is 2. The minimum atomic E-state index is -3.73. The lowest BCUT2D eigenvalue weighted by molar-refractivity contribution is -0.120. The molecule has 0 radical (unpaired) electrons. The minimum Gasteiger partial charge on any atom is -0.381 e. The Morgan fingerprint density at radius 2 is 1.82 bits per heavy atom. The average Bonchev–Trinajstić information content (AvgIpc) is 3.03. The summed E-state index contributed by atoms with van der Waals surface area (Å²) in [6.07, 6.45) is 2.04. The maximum atomic E-state index is 15.3. The van der Waals surface area contributed by atoms with Crippen molar-refractivity contribution >= 4 is 33.2 Å². The van der Waals surface area contributed by atoms with E-state index in [-0.39, 0.29) is 34.1 Å². The van der Waals surface area contributed by atoms with Crippen LogP contribution in [0.15, 0.2) is 71.6 Å². The summed E-state index contributed by atoms with van der Waals surface area (Å²) < 4.78 is 63.7. The van der Waals surface area contributed by atoms with Crippen molar-refractivity contribution in [3.63, 3.8) is 0 Å². The van der Waals surface area contributed by atoms with Gasteiger partial charge in [-0.3, -0.25) is 4.79 Å². The summed E-state index contributed by atoms with van der Waals surface area (Å²) in [5, 5.41) is 6.22. The molecule has 3 atom stereocenters. The lowest BCUT2D eigenvalue weighted by atomic mass is 9.74. The highest BCUT2D eigenvalue weighted by Gasteiger charge is 2.35. The fraction of sp³-hybridized carbons (Fsp3) is 0.424. The standard InChI is InChI=1S/C33H38ClF2N3O4S/c1-22(32(23-14-18-43-19-15-23)24-10-13-28(34)30(36)20-24)33(40)38-31-9-5-8-29(35)27(31)12-11-25-21-37-16-17-39(25)44(41,42)26-6-3-2-4-7-26/h2-10,13,20,22-23,25,32,37H,11-12,14-19,21H2,1H3,(H,38,40)/t22-,25+,32+/m0/s1. The molecule has 0 aliphatic carbocycles. The number of hydrogen-bond acceptors (Lipinski definition) is 5. The first-order valence-electron chi connectivity index (χ1n) is 15.1. The zero-order valence-corrected chi connectivity index (χ0v) is 26.2. The van der Waals surface area contributed by atoms with E-state index in [1.165, 1.54) is 28.6 Å². The van der Waals surface area contributed by atoms with Crippen LogP contribution in [0.1, 0.15) is 43.2 Å². The molecule has 2 heterocycles. The molecule has 2 aliphatic heterocycles. The summed E-state index contributed by atoms with van der Waals surface area (Å²) in [5.74, 6) is -2.10. The number of anilines is 1. The summed E-state index contributed by atoms with van der Waals surface area (Å²) in [6, 6.07) is 17.1. The van der Waals surface area contributed by atoms with E-state index >= 15 is 4.39 Å². The van der Waals surface area contributed by atoms with Crippen LogP contribution >= 0.6 is 11.6 Å². The molecule has 0 bridgehead atoms. The van der Waals surface area contributed by atoms with Crippen molar-refractivity contribution in [1.29, 1.82) is 0 Å². The van der Waals surface area contributed by atoms with E-state index in [0.717, 1.165) is 12.8 Å². The second-order valence-electron chi connectivity index (χ2n) is 11.5. The number of benzene rings is 3. The third kappa shape index (κ3) is 7.32. The molecule has 0 aromatic heterocycles. The number of nitrogens with one attached hydrogen (secondary N) is 2. The molecule has 236 valence electrons. The van der Waals surface area contributed by atoms with Gasteiger partial charge in [-0.05, 0) is 79.5 Å². The van der Waals surface area contributed by atoms with Gasteiger partial charge in [-0.15, -0.1) is 0 Å². The number of amides is 1. The van der Waals surface area contributed by atoms with Crippen LogP contribution in [0.4, 0.5) is 14.5 Å². The largest absolute Gasteiger partial charge is 0.381 e. The zero-order valence-electron chi connectivity index (χ0n) is 24.6. The highest BCUT2D eigenvalue weighted by atomic mass is 35.5. The predicted octanol–water partition coefficient (Wildman–Crippen LogP) is 6.00. The van der Waals surface area contributed by atoms with Gasteiger partial charge in [0.2, 0.25) is 15.9 Å². The molecule has 2 fully saturated rings. The average molecular weight is 646 g/mol. The minimum absolute atomic E-state index is 0.0179. The molecule has 44 heavy (non-hydrogen) atoms. The summed E-state index contributed by atoms with van der Waals surface area (Å²) >= 11 is 5.95. The van der Waals surface area contributed by atoms with Gasteiger partial charge >= 0.3 is 0 Å². The number of nitrogens with zero attached hydrogens (tertiary/aromatic N) is 1. The number of sulfonamides is 1. The van der Waals surface area contributed by atoms with Crippen molar-refractivity contribution in [3.8, 4) is 0 Å². The molecule has 2 N–H and O–H groups in total. The van der Waals surface area contributed by atoms with E-state index in [2.05, 4.69) is 10.6 Å². The van der Waals surface area contributed by atoms with Gasteiger partial charge in [0.25, 0.3) is 0 Å². The Kier molecular flexibility index (Phi) is 10.7. The normalized spacial score (nSPS) is 19.8. The maximum absolute atomic E-state index is 15.3. The molecule has 3 aromatic carbocycles. The van der Waals surface area contributed by atoms with E-state index in [1.807, 2.05) is 0 Å². The number of halogens is 3. The smallest absolute Gasteiger partial charge is 0.243 e. The Morgan fingerprint density at radius 1 is 1.07 bits per heavy atom. The molecular weight excluding hydrogens is 608 g/mol. The Hall–Kier alpha value is -2.89. The first-order chi connectivity index (χ1) is 21.2. The van der Waals surface area contributed by atoms with E-state index in [1.54, 1.807) is 49.4 Å². The lowest BCUT2D eigenvalue weighted by Crippen LogP contribution is -2.53. The van der Waals surface area contributed by atoms with Crippen LogP contribution < -0.4 is 10.6 Å². The Bertz CT molecular complexity index is 1550. The summed E-state index contributed by atoms with van der Waals surface area (Å²) in [6.45, 7) is 4.19. The Labute approximate surface area is 263 Å². The van der Waals surface area contributed by atoms with Gasteiger partial charge in [-0.25, -0.2) is 17.2 Å². The number of carbonyl (C=O) groups is 1. The van der Waals surface area contributed by atoms with Crippen LogP contribution in [0.5, 0.6) is 0 Å². The van der Waals surface area contributed by atoms with Gasteiger partial charge in [-0.2, -0.15) is 4.31 Å². The molecule has 11 heteroatoms. The second kappa shape index (κ2) is 14.5. The highest BCUT2D eigenvalue weighted by Crippen LogP contribution is 2.39. The molecule has 7 nitrogen and oxygen atoms in total. The van der Waals surface area contributed by atoms with Gasteiger partial charge < -0.3 is 15.4 Å². The molecule has 0 saturated carbocycles. The number of carbonyl (C=O) groups excluding carboxylic acids is 1. The van der Waals surface area contributed by atoms with Crippen molar-refractivity contribution in [2.45, 2.75) is 49.5 Å². The molecule has 3 aromatic rings. The van der Waals surface area contributed by atoms with Crippen LogP contribution in [-0.2, 0) is 26.0 Å². The fourth-order valence-corrected chi connectivity index (χ4v) is 8.24. The van der Waals surface area contributed by atoms with Crippen LogP contribution in [-0.4, -0.2) is 57.5 Å². The molecule has 2 aliphatic rings. The van der Waals surface area contributed by atoms with Crippen molar-refractivity contribution in [2.75, 3.05) is 38.2 Å². The second-order valence-corrected chi connectivity index (χ2v) is 13.8. The van der Waals surface area contributed by atoms with Gasteiger partial charge in [0.15, 0.2) is 0 Å². The summed E-state index contributed by atoms with van der Waals surface area (Å²) in [5.41, 5.74) is 1.34. The number of piperazine rings is 1. The topological polar surface area (TPSA) is 87.7 Å². The van der Waals surface area contributed by atoms with Gasteiger partial charge in [0.1, 0.15) is 11.6 Å². The van der Waals surface area contributed by atoms with E-state index < -0.39 is 33.6 Å². The summed E-state index contributed by atoms with van der Waals surface area (Å²) in [4.78, 5) is 14.0. The summed E-state index contributed by atoms with van der Waals surface area (Å²) in [7, 11) is -3.73. The first kappa shape index (κ1) is 32.5. The van der Waals surface area contributed by atoms with E-state index in [0.29, 0.717) is 56.1 Å². The van der Waals surface area contributed by atoms with Crippen molar-refractivity contribution in [2.24, 2.45) is 11.8 Å². The molecule has 0 spiro atoms. The molecule has 1 amide bonds. The Morgan fingerprint density at radius 3 is 2.55 bits per heavy atom. The lowest BCUT2D eigenvalue weighted by Gasteiger charge is -2.35. The van der Waals surface area contributed by atoms with Crippen LogP contribution in [0, 0.1) is 23.5 Å². The van der Waals surface area contributed by atoms with Crippen LogP contribution in [0.2, 0.25) is 5.02 Å². The first-order valence-corrected chi connectivity index (χ1v) is 16.9. The quantitative estimate of drug-likeness (QED) is 0.283. The highest BCUT2D eigenvalue weighted by molar-refractivity contribution is 7.89. The maximum Gasteiger partial charge on any atom is 0.243 e. The molecule has 0 unspecified atom stereocenters. The number of rotatable bonds is 10. The molecular formula is C33H38ClF2N3O4S. The van der Waals surface area contributed by atoms with Crippen LogP contribution in [0.3, 0.4) is 0 Å². The zero-order chi connectivity index (χ0) is 31.3. The third-order valence-corrected chi connectivity index (χ3v) is 11.1. The van der Waals surface area contributed by atoms with Crippen molar-refractivity contribution in [1.82, 2.24) is 9.62 Å². The van der Waals surface area contributed by atoms with Crippen LogP contribution in [0.25, 0.3) is 0 Å². The third-order valence-electron chi connectivity index (χ3n) is 8.80. The predicted molar refractivity (Wildman–Crippen MR) is 167 cm³/mol. The van der Waals surface area contributed by atoms with Crippen molar-refractivity contribution in [3.05, 3.63) is 94.5 Å². The number of ether oxygens (including phenoxy) is 1. The molecule has 5 rings (SSSR count). The van der Waals surface area contributed by atoms with Gasteiger partial charge in [0.05, 0.1) is 9.92 Å². The van der Waals surface area contributed by atoms with E-state index in [4.69, 9.17) is 16.3 Å². The fourth-order valence-electron chi connectivity index (χ4n) is 6.45. The monoisotopic (exact) mass is 645 g/mol. The Balaban J connectivity index is 1.35. The van der Waals surface area contributed by atoms with Gasteiger partial charge in [-0.1, -0.05) is 48.9 Å². The van der Waals surface area contributed by atoms with Gasteiger partial charge in [0, 0.05) is 56.1 Å². The SMILES string of the molecule is C[C@H](C(=O)Nc1cccc(F)c1CC[C@@H]1CNCCN1S(=O)(=O)c1ccccc1)[C@@H](c1ccc(Cl)c(F)c1)C1CCOCC1. The molecule has 2 saturated heterocycles. The van der Waals surface area contributed by atoms with E-state index in [9.17, 15) is 17.6 Å². The van der Waals surface area contributed by atoms with Crippen molar-refractivity contribution < 1.29 is 26.7 Å².